The first-order valence-electron chi connectivity index (χ1n) is 7.72. The number of hydrogen-bond acceptors (Lipinski definition) is 6. The second kappa shape index (κ2) is 8.36. The van der Waals surface area contributed by atoms with Crippen LogP contribution in [-0.2, 0) is 9.53 Å². The van der Waals surface area contributed by atoms with Gasteiger partial charge in [0, 0.05) is 11.3 Å². The molecule has 6 nitrogen and oxygen atoms in total. The molecule has 0 saturated carbocycles. The molecule has 1 N–H and O–H groups in total. The van der Waals surface area contributed by atoms with E-state index in [-0.39, 0.29) is 11.3 Å². The van der Waals surface area contributed by atoms with E-state index in [1.54, 1.807) is 54.6 Å². The minimum atomic E-state index is -1.22. The van der Waals surface area contributed by atoms with Crippen molar-refractivity contribution in [1.82, 2.24) is 0 Å². The monoisotopic (exact) mass is 345 g/mol. The summed E-state index contributed by atoms with van der Waals surface area (Å²) >= 11 is 0. The van der Waals surface area contributed by atoms with Crippen LogP contribution in [0, 0.1) is 34.0 Å². The molecule has 2 rings (SSSR count). The molecule has 2 aromatic carbocycles. The van der Waals surface area contributed by atoms with Crippen LogP contribution in [-0.4, -0.2) is 24.1 Å². The first-order chi connectivity index (χ1) is 12.5. The lowest BCUT2D eigenvalue weighted by Gasteiger charge is -2.11. The van der Waals surface area contributed by atoms with E-state index in [9.17, 15) is 14.9 Å². The molecule has 1 unspecified atom stereocenters. The highest BCUT2D eigenvalue weighted by atomic mass is 16.5. The molecule has 0 aliphatic carbocycles. The number of Topliss-reactive ketones (excluding diaryl/α,β-unsaturated/α-hetero) is 1. The minimum absolute atomic E-state index is 0.100. The van der Waals surface area contributed by atoms with Crippen LogP contribution in [0.5, 0.6) is 0 Å². The fraction of sp³-hybridized carbons (Fsp3) is 0.150. The Labute approximate surface area is 150 Å². The van der Waals surface area contributed by atoms with Crippen molar-refractivity contribution in [2.75, 3.05) is 6.61 Å². The van der Waals surface area contributed by atoms with E-state index in [1.165, 1.54) is 6.92 Å². The fourth-order valence-electron chi connectivity index (χ4n) is 2.42. The maximum absolute atomic E-state index is 12.4. The molecule has 0 aliphatic rings. The number of rotatable bonds is 6. The van der Waals surface area contributed by atoms with Crippen LogP contribution in [0.1, 0.15) is 22.8 Å². The standard InChI is InChI=1S/C20H15N3O3/c1-13(23)18(11-22)19(24)12-26-20(25)17-9-5-4-8-16(17)15-7-3-2-6-14(15)10-21/h2-9,18,23H,12H2,1H3. The third kappa shape index (κ3) is 4.00. The highest BCUT2D eigenvalue weighted by Gasteiger charge is 2.23. The van der Waals surface area contributed by atoms with Gasteiger partial charge >= 0.3 is 5.97 Å². The second-order valence-electron chi connectivity index (χ2n) is 5.49. The molecule has 0 radical (unpaired) electrons. The van der Waals surface area contributed by atoms with E-state index >= 15 is 0 Å². The highest BCUT2D eigenvalue weighted by Crippen LogP contribution is 2.27. The summed E-state index contributed by atoms with van der Waals surface area (Å²) in [5.41, 5.74) is 1.62. The minimum Gasteiger partial charge on any atom is -0.454 e. The zero-order valence-corrected chi connectivity index (χ0v) is 14.0. The van der Waals surface area contributed by atoms with Gasteiger partial charge in [-0.05, 0) is 24.6 Å². The molecular formula is C20H15N3O3. The van der Waals surface area contributed by atoms with Gasteiger partial charge in [-0.2, -0.15) is 10.5 Å². The summed E-state index contributed by atoms with van der Waals surface area (Å²) < 4.78 is 5.04. The number of nitrogens with one attached hydrogen (secondary N) is 1. The number of nitriles is 2. The molecule has 26 heavy (non-hydrogen) atoms. The maximum atomic E-state index is 12.4. The van der Waals surface area contributed by atoms with E-state index in [1.807, 2.05) is 0 Å². The summed E-state index contributed by atoms with van der Waals surface area (Å²) in [7, 11) is 0. The van der Waals surface area contributed by atoms with Crippen LogP contribution in [0.25, 0.3) is 11.1 Å². The average Bonchev–Trinajstić information content (AvgIpc) is 2.66. The van der Waals surface area contributed by atoms with Crippen LogP contribution in [0.3, 0.4) is 0 Å². The Morgan fingerprint density at radius 3 is 2.31 bits per heavy atom. The summed E-state index contributed by atoms with van der Waals surface area (Å²) in [6.45, 7) is 0.753. The predicted molar refractivity (Wildman–Crippen MR) is 94.4 cm³/mol. The lowest BCUT2D eigenvalue weighted by molar-refractivity contribution is -0.122. The highest BCUT2D eigenvalue weighted by molar-refractivity contribution is 6.06. The third-order valence-electron chi connectivity index (χ3n) is 3.71. The molecule has 1 atom stereocenters. The van der Waals surface area contributed by atoms with Gasteiger partial charge < -0.3 is 10.1 Å². The smallest absolute Gasteiger partial charge is 0.339 e. The topological polar surface area (TPSA) is 115 Å². The van der Waals surface area contributed by atoms with Crippen molar-refractivity contribution in [2.45, 2.75) is 6.92 Å². The first kappa shape index (κ1) is 18.6. The van der Waals surface area contributed by atoms with Crippen molar-refractivity contribution in [3.8, 4) is 23.3 Å². The summed E-state index contributed by atoms with van der Waals surface area (Å²) in [6, 6.07) is 17.3. The Kier molecular flexibility index (Phi) is 5.97. The fourth-order valence-corrected chi connectivity index (χ4v) is 2.42. The number of carbonyl (C=O) groups excluding carboxylic acids is 2. The van der Waals surface area contributed by atoms with Crippen molar-refractivity contribution in [2.24, 2.45) is 5.92 Å². The molecule has 0 bridgehead atoms. The maximum Gasteiger partial charge on any atom is 0.339 e. The van der Waals surface area contributed by atoms with E-state index < -0.39 is 24.3 Å². The quantitative estimate of drug-likeness (QED) is 0.638. The van der Waals surface area contributed by atoms with Crippen molar-refractivity contribution in [3.63, 3.8) is 0 Å². The van der Waals surface area contributed by atoms with Crippen LogP contribution in [0.15, 0.2) is 48.5 Å². The van der Waals surface area contributed by atoms with Crippen LogP contribution in [0.2, 0.25) is 0 Å². The molecule has 128 valence electrons. The molecule has 0 saturated heterocycles. The SMILES string of the molecule is CC(=N)C(C#N)C(=O)COC(=O)c1ccccc1-c1ccccc1C#N. The summed E-state index contributed by atoms with van der Waals surface area (Å²) in [5, 5.41) is 25.6. The molecule has 0 heterocycles. The van der Waals surface area contributed by atoms with Crippen molar-refractivity contribution < 1.29 is 14.3 Å². The van der Waals surface area contributed by atoms with Gasteiger partial charge in [-0.3, -0.25) is 4.79 Å². The van der Waals surface area contributed by atoms with E-state index in [2.05, 4.69) is 6.07 Å². The Bertz CT molecular complexity index is 951. The summed E-state index contributed by atoms with van der Waals surface area (Å²) in [5.74, 6) is -2.61. The summed E-state index contributed by atoms with van der Waals surface area (Å²) in [4.78, 5) is 24.4. The number of carbonyl (C=O) groups is 2. The Balaban J connectivity index is 2.27. The second-order valence-corrected chi connectivity index (χ2v) is 5.49. The zero-order valence-electron chi connectivity index (χ0n) is 14.0. The van der Waals surface area contributed by atoms with Crippen molar-refractivity contribution in [3.05, 3.63) is 59.7 Å². The molecule has 0 aliphatic heterocycles. The Hall–Kier alpha value is -3.77. The lowest BCUT2D eigenvalue weighted by atomic mass is 9.96. The molecule has 0 aromatic heterocycles. The largest absolute Gasteiger partial charge is 0.454 e. The van der Waals surface area contributed by atoms with Crippen LogP contribution in [0.4, 0.5) is 0 Å². The van der Waals surface area contributed by atoms with E-state index in [4.69, 9.17) is 15.4 Å². The number of nitrogens with zero attached hydrogens (tertiary/aromatic N) is 2. The number of ketones is 1. The van der Waals surface area contributed by atoms with Crippen LogP contribution < -0.4 is 0 Å². The number of benzene rings is 2. The molecule has 6 heteroatoms. The van der Waals surface area contributed by atoms with E-state index in [0.29, 0.717) is 16.7 Å². The van der Waals surface area contributed by atoms with Gasteiger partial charge in [0.25, 0.3) is 0 Å². The van der Waals surface area contributed by atoms with Gasteiger partial charge in [-0.1, -0.05) is 36.4 Å². The normalized spacial score (nSPS) is 10.9. The number of ether oxygens (including phenoxy) is 1. The zero-order chi connectivity index (χ0) is 19.1. The lowest BCUT2D eigenvalue weighted by Crippen LogP contribution is -2.25. The average molecular weight is 345 g/mol. The number of esters is 1. The summed E-state index contributed by atoms with van der Waals surface area (Å²) in [6.07, 6.45) is 0. The van der Waals surface area contributed by atoms with Crippen molar-refractivity contribution in [1.29, 1.82) is 15.9 Å². The van der Waals surface area contributed by atoms with Gasteiger partial charge in [0.05, 0.1) is 23.3 Å². The Morgan fingerprint density at radius 1 is 1.08 bits per heavy atom. The van der Waals surface area contributed by atoms with E-state index in [0.717, 1.165) is 0 Å². The molecular weight excluding hydrogens is 330 g/mol. The van der Waals surface area contributed by atoms with Gasteiger partial charge in [0.1, 0.15) is 5.92 Å². The van der Waals surface area contributed by atoms with Gasteiger partial charge in [0.2, 0.25) is 0 Å². The molecule has 0 amide bonds. The number of hydrogen-bond donors (Lipinski definition) is 1. The van der Waals surface area contributed by atoms with Gasteiger partial charge in [-0.15, -0.1) is 0 Å². The molecule has 0 fully saturated rings. The van der Waals surface area contributed by atoms with Gasteiger partial charge in [-0.25, -0.2) is 4.79 Å². The van der Waals surface area contributed by atoms with Gasteiger partial charge in [0.15, 0.2) is 12.4 Å². The first-order valence-corrected chi connectivity index (χ1v) is 7.72. The predicted octanol–water partition coefficient (Wildman–Crippen LogP) is 3.13. The Morgan fingerprint density at radius 2 is 1.69 bits per heavy atom. The molecule has 2 aromatic rings. The van der Waals surface area contributed by atoms with Crippen molar-refractivity contribution >= 4 is 17.5 Å². The van der Waals surface area contributed by atoms with Crippen LogP contribution >= 0.6 is 0 Å². The third-order valence-corrected chi connectivity index (χ3v) is 3.71. The molecule has 0 spiro atoms.